The maximum atomic E-state index is 13.5. The van der Waals surface area contributed by atoms with Gasteiger partial charge in [-0.2, -0.15) is 0 Å². The van der Waals surface area contributed by atoms with Crippen LogP contribution in [0.4, 0.5) is 0 Å². The van der Waals surface area contributed by atoms with Gasteiger partial charge in [-0.25, -0.2) is 0 Å². The Morgan fingerprint density at radius 3 is 2.10 bits per heavy atom. The van der Waals surface area contributed by atoms with Gasteiger partial charge in [-0.15, -0.1) is 0 Å². The molecule has 162 valence electrons. The zero-order valence-corrected chi connectivity index (χ0v) is 18.4. The highest BCUT2D eigenvalue weighted by molar-refractivity contribution is 6.35. The van der Waals surface area contributed by atoms with Gasteiger partial charge < -0.3 is 14.5 Å². The van der Waals surface area contributed by atoms with Gasteiger partial charge in [0.05, 0.1) is 19.2 Å². The van der Waals surface area contributed by atoms with Crippen molar-refractivity contribution in [3.8, 4) is 5.75 Å². The summed E-state index contributed by atoms with van der Waals surface area (Å²) in [7, 11) is 1.62. The summed E-state index contributed by atoms with van der Waals surface area (Å²) in [5.41, 5.74) is 3.87. The third kappa shape index (κ3) is 4.21. The molecule has 2 heterocycles. The van der Waals surface area contributed by atoms with Crippen molar-refractivity contribution in [2.24, 2.45) is 0 Å². The van der Waals surface area contributed by atoms with Crippen molar-refractivity contribution in [1.82, 2.24) is 14.7 Å². The summed E-state index contributed by atoms with van der Waals surface area (Å²) >= 11 is 0. The zero-order chi connectivity index (χ0) is 22.0. The molecule has 0 N–H and O–H groups in total. The van der Waals surface area contributed by atoms with Gasteiger partial charge in [-0.05, 0) is 36.7 Å². The van der Waals surface area contributed by atoms with Gasteiger partial charge >= 0.3 is 0 Å². The van der Waals surface area contributed by atoms with Crippen LogP contribution >= 0.6 is 0 Å². The number of hydrogen-bond acceptors (Lipinski definition) is 5. The molecule has 6 nitrogen and oxygen atoms in total. The van der Waals surface area contributed by atoms with E-state index < -0.39 is 0 Å². The zero-order valence-electron chi connectivity index (χ0n) is 18.4. The fourth-order valence-electron chi connectivity index (χ4n) is 4.18. The Morgan fingerprint density at radius 2 is 1.52 bits per heavy atom. The molecule has 2 aliphatic heterocycles. The van der Waals surface area contributed by atoms with Gasteiger partial charge in [0.2, 0.25) is 0 Å². The van der Waals surface area contributed by atoms with Crippen molar-refractivity contribution in [3.63, 3.8) is 0 Å². The lowest BCUT2D eigenvalue weighted by atomic mass is 10.0. The Hall–Kier alpha value is -3.12. The summed E-state index contributed by atoms with van der Waals surface area (Å²) in [5.74, 6) is 0.315. The summed E-state index contributed by atoms with van der Waals surface area (Å²) in [6.07, 6.45) is 0. The largest absolute Gasteiger partial charge is 0.497 e. The van der Waals surface area contributed by atoms with Crippen LogP contribution in [0, 0.1) is 6.92 Å². The van der Waals surface area contributed by atoms with Crippen LogP contribution in [0.3, 0.4) is 0 Å². The molecule has 0 bridgehead atoms. The van der Waals surface area contributed by atoms with Crippen LogP contribution in [0.1, 0.15) is 23.6 Å². The number of hydrogen-bond donors (Lipinski definition) is 0. The van der Waals surface area contributed by atoms with Gasteiger partial charge in [-0.1, -0.05) is 48.9 Å². The second kappa shape index (κ2) is 8.94. The number of ether oxygens (including phenoxy) is 1. The number of nitrogens with zero attached hydrogens (tertiary/aromatic N) is 3. The number of benzene rings is 2. The molecule has 2 amide bonds. The minimum atomic E-state index is -0.224. The van der Waals surface area contributed by atoms with Gasteiger partial charge in [-0.3, -0.25) is 14.5 Å². The number of rotatable bonds is 6. The number of piperazine rings is 1. The van der Waals surface area contributed by atoms with E-state index in [1.54, 1.807) is 7.11 Å². The Morgan fingerprint density at radius 1 is 0.871 bits per heavy atom. The minimum absolute atomic E-state index is 0.207. The lowest BCUT2D eigenvalue weighted by Gasteiger charge is -2.36. The highest BCUT2D eigenvalue weighted by Crippen LogP contribution is 2.33. The van der Waals surface area contributed by atoms with Crippen molar-refractivity contribution in [3.05, 3.63) is 70.9 Å². The predicted octanol–water partition coefficient (Wildman–Crippen LogP) is 2.92. The van der Waals surface area contributed by atoms with Crippen molar-refractivity contribution in [2.75, 3.05) is 39.8 Å². The molecule has 0 spiro atoms. The fourth-order valence-corrected chi connectivity index (χ4v) is 4.18. The Bertz CT molecular complexity index is 988. The molecule has 1 saturated heterocycles. The summed E-state index contributed by atoms with van der Waals surface area (Å²) in [5, 5.41) is 0. The number of aryl methyl sites for hydroxylation is 1. The van der Waals surface area contributed by atoms with Crippen LogP contribution in [0.5, 0.6) is 5.75 Å². The highest BCUT2D eigenvalue weighted by Gasteiger charge is 2.42. The first-order chi connectivity index (χ1) is 15.0. The molecule has 0 saturated carbocycles. The average molecular weight is 420 g/mol. The molecule has 31 heavy (non-hydrogen) atoms. The summed E-state index contributed by atoms with van der Waals surface area (Å²) in [4.78, 5) is 32.8. The first kappa shape index (κ1) is 21.1. The standard InChI is InChI=1S/C25H29N3O3/c1-4-26-13-15-27(16-14-26)23-22(20-9-5-18(2)6-10-20)24(29)28(25(23)30)17-19-7-11-21(31-3)12-8-19/h5-12H,4,13-17H2,1-3H3. The number of amides is 2. The molecule has 2 aromatic carbocycles. The highest BCUT2D eigenvalue weighted by atomic mass is 16.5. The van der Waals surface area contributed by atoms with E-state index in [2.05, 4.69) is 16.7 Å². The molecule has 1 fully saturated rings. The van der Waals surface area contributed by atoms with Crippen molar-refractivity contribution < 1.29 is 14.3 Å². The van der Waals surface area contributed by atoms with Crippen LogP contribution in [0.2, 0.25) is 0 Å². The summed E-state index contributed by atoms with van der Waals surface area (Å²) < 4.78 is 5.21. The number of likely N-dealkylation sites (N-methyl/N-ethyl adjacent to an activating group) is 1. The first-order valence-electron chi connectivity index (χ1n) is 10.8. The number of carbonyl (C=O) groups is 2. The van der Waals surface area contributed by atoms with Gasteiger partial charge in [0.15, 0.2) is 0 Å². The lowest BCUT2D eigenvalue weighted by Crippen LogP contribution is -2.47. The monoisotopic (exact) mass is 419 g/mol. The van der Waals surface area contributed by atoms with Crippen LogP contribution in [0.25, 0.3) is 5.57 Å². The van der Waals surface area contributed by atoms with Crippen LogP contribution in [-0.2, 0) is 16.1 Å². The van der Waals surface area contributed by atoms with Gasteiger partial charge in [0.1, 0.15) is 11.4 Å². The van der Waals surface area contributed by atoms with Crippen LogP contribution in [0.15, 0.2) is 54.2 Å². The molecule has 0 aromatic heterocycles. The van der Waals surface area contributed by atoms with E-state index in [-0.39, 0.29) is 18.4 Å². The maximum absolute atomic E-state index is 13.5. The van der Waals surface area contributed by atoms with E-state index in [9.17, 15) is 9.59 Å². The normalized spacial score (nSPS) is 17.6. The van der Waals surface area contributed by atoms with E-state index in [1.807, 2.05) is 55.5 Å². The van der Waals surface area contributed by atoms with E-state index in [1.165, 1.54) is 4.90 Å². The van der Waals surface area contributed by atoms with E-state index >= 15 is 0 Å². The molecule has 0 radical (unpaired) electrons. The smallest absolute Gasteiger partial charge is 0.278 e. The minimum Gasteiger partial charge on any atom is -0.497 e. The van der Waals surface area contributed by atoms with Crippen LogP contribution in [-0.4, -0.2) is 66.3 Å². The Labute approximate surface area is 183 Å². The average Bonchev–Trinajstić information content (AvgIpc) is 3.05. The molecule has 4 rings (SSSR count). The lowest BCUT2D eigenvalue weighted by molar-refractivity contribution is -0.138. The van der Waals surface area contributed by atoms with Gasteiger partial charge in [0.25, 0.3) is 11.8 Å². The van der Waals surface area contributed by atoms with Crippen molar-refractivity contribution >= 4 is 17.4 Å². The molecule has 0 unspecified atom stereocenters. The maximum Gasteiger partial charge on any atom is 0.278 e. The number of imide groups is 1. The molecule has 0 aliphatic carbocycles. The third-order valence-corrected chi connectivity index (χ3v) is 6.12. The molecular weight excluding hydrogens is 390 g/mol. The molecular formula is C25H29N3O3. The molecule has 2 aromatic rings. The topological polar surface area (TPSA) is 53.1 Å². The quantitative estimate of drug-likeness (QED) is 0.674. The van der Waals surface area contributed by atoms with E-state index in [0.29, 0.717) is 11.3 Å². The first-order valence-corrected chi connectivity index (χ1v) is 10.8. The second-order valence-electron chi connectivity index (χ2n) is 8.06. The number of carbonyl (C=O) groups excluding carboxylic acids is 2. The van der Waals surface area contributed by atoms with Crippen LogP contribution < -0.4 is 4.74 Å². The van der Waals surface area contributed by atoms with Crippen molar-refractivity contribution in [1.29, 1.82) is 0 Å². The molecule has 6 heteroatoms. The second-order valence-corrected chi connectivity index (χ2v) is 8.06. The Balaban J connectivity index is 1.67. The van der Waals surface area contributed by atoms with Gasteiger partial charge in [0, 0.05) is 26.2 Å². The SMILES string of the molecule is CCN1CCN(C2=C(c3ccc(C)cc3)C(=O)N(Cc3ccc(OC)cc3)C2=O)CC1. The number of methoxy groups -OCH3 is 1. The fraction of sp³-hybridized carbons (Fsp3) is 0.360. The van der Waals surface area contributed by atoms with Crippen molar-refractivity contribution in [2.45, 2.75) is 20.4 Å². The third-order valence-electron chi connectivity index (χ3n) is 6.12. The van der Waals surface area contributed by atoms with E-state index in [0.717, 1.165) is 55.2 Å². The molecule has 0 atom stereocenters. The van der Waals surface area contributed by atoms with E-state index in [4.69, 9.17) is 4.74 Å². The molecule has 2 aliphatic rings. The Kier molecular flexibility index (Phi) is 6.09. The summed E-state index contributed by atoms with van der Waals surface area (Å²) in [6.45, 7) is 8.67. The predicted molar refractivity (Wildman–Crippen MR) is 120 cm³/mol. The summed E-state index contributed by atoms with van der Waals surface area (Å²) in [6, 6.07) is 15.3.